The highest BCUT2D eigenvalue weighted by molar-refractivity contribution is 7.89. The van der Waals surface area contributed by atoms with Crippen LogP contribution in [-0.2, 0) is 14.8 Å². The smallest absolute Gasteiger partial charge is 0.258 e. The van der Waals surface area contributed by atoms with Crippen LogP contribution in [0.15, 0.2) is 47.4 Å². The largest absolute Gasteiger partial charge is 0.490 e. The van der Waals surface area contributed by atoms with Gasteiger partial charge in [0.2, 0.25) is 10.0 Å². The summed E-state index contributed by atoms with van der Waals surface area (Å²) in [6.45, 7) is 6.29. The Morgan fingerprint density at radius 1 is 1.10 bits per heavy atom. The van der Waals surface area contributed by atoms with E-state index < -0.39 is 22.2 Å². The second-order valence-electron chi connectivity index (χ2n) is 11.1. The van der Waals surface area contributed by atoms with Gasteiger partial charge in [0, 0.05) is 57.5 Å². The van der Waals surface area contributed by atoms with E-state index in [2.05, 4.69) is 0 Å². The van der Waals surface area contributed by atoms with E-state index in [1.807, 2.05) is 51.0 Å². The summed E-state index contributed by atoms with van der Waals surface area (Å²) in [5, 5.41) is 10.6. The van der Waals surface area contributed by atoms with E-state index in [1.165, 1.54) is 23.5 Å². The summed E-state index contributed by atoms with van der Waals surface area (Å²) in [5.74, 6) is -0.00382. The quantitative estimate of drug-likeness (QED) is 0.493. The van der Waals surface area contributed by atoms with E-state index in [-0.39, 0.29) is 42.5 Å². The van der Waals surface area contributed by atoms with Crippen molar-refractivity contribution in [1.29, 1.82) is 0 Å². The third-order valence-corrected chi connectivity index (χ3v) is 9.60. The number of fused-ring (bicyclic) bond motifs is 1. The van der Waals surface area contributed by atoms with Gasteiger partial charge in [-0.1, -0.05) is 18.5 Å². The number of carbonyl (C=O) groups excluding carboxylic acids is 1. The number of carbonyl (C=O) groups is 1. The van der Waals surface area contributed by atoms with Gasteiger partial charge in [0.25, 0.3) is 5.91 Å². The molecule has 1 N–H and O–H groups in total. The number of hydrogen-bond donors (Lipinski definition) is 1. The monoisotopic (exact) mass is 609 g/mol. The van der Waals surface area contributed by atoms with E-state index in [0.29, 0.717) is 22.9 Å². The van der Waals surface area contributed by atoms with Crippen LogP contribution in [0.25, 0.3) is 0 Å². The Morgan fingerprint density at radius 3 is 2.41 bits per heavy atom. The molecule has 0 aliphatic carbocycles. The fourth-order valence-electron chi connectivity index (χ4n) is 4.79. The molecule has 0 saturated heterocycles. The molecular formula is C30H44ClN3O6S. The van der Waals surface area contributed by atoms with Crippen LogP contribution in [-0.4, -0.2) is 94.3 Å². The zero-order valence-electron chi connectivity index (χ0n) is 24.9. The lowest BCUT2D eigenvalue weighted by Crippen LogP contribution is -2.48. The first-order valence-electron chi connectivity index (χ1n) is 14.1. The molecule has 0 radical (unpaired) electrons. The summed E-state index contributed by atoms with van der Waals surface area (Å²) in [4.78, 5) is 17.8. The molecule has 2 aromatic rings. The van der Waals surface area contributed by atoms with Crippen LogP contribution < -0.4 is 9.64 Å². The maximum absolute atomic E-state index is 14.1. The maximum Gasteiger partial charge on any atom is 0.258 e. The number of hydrogen-bond acceptors (Lipinski definition) is 7. The Morgan fingerprint density at radius 2 is 1.78 bits per heavy atom. The van der Waals surface area contributed by atoms with E-state index in [4.69, 9.17) is 21.1 Å². The van der Waals surface area contributed by atoms with Gasteiger partial charge in [-0.2, -0.15) is 4.31 Å². The van der Waals surface area contributed by atoms with Crippen molar-refractivity contribution < 1.29 is 27.8 Å². The van der Waals surface area contributed by atoms with Crippen LogP contribution in [0.5, 0.6) is 5.75 Å². The molecule has 1 aliphatic heterocycles. The van der Waals surface area contributed by atoms with Gasteiger partial charge in [-0.15, -0.1) is 0 Å². The molecule has 0 saturated carbocycles. The predicted molar refractivity (Wildman–Crippen MR) is 162 cm³/mol. The fourth-order valence-corrected chi connectivity index (χ4v) is 6.10. The van der Waals surface area contributed by atoms with Crippen molar-refractivity contribution in [3.05, 3.63) is 53.1 Å². The third-order valence-electron chi connectivity index (χ3n) is 7.51. The zero-order valence-corrected chi connectivity index (χ0v) is 26.5. The molecule has 11 heteroatoms. The van der Waals surface area contributed by atoms with Gasteiger partial charge in [-0.25, -0.2) is 8.42 Å². The van der Waals surface area contributed by atoms with E-state index >= 15 is 0 Å². The maximum atomic E-state index is 14.1. The van der Waals surface area contributed by atoms with Crippen molar-refractivity contribution >= 4 is 33.2 Å². The number of amides is 1. The lowest BCUT2D eigenvalue weighted by Gasteiger charge is -2.35. The van der Waals surface area contributed by atoms with Crippen LogP contribution in [0.2, 0.25) is 5.02 Å². The Kier molecular flexibility index (Phi) is 11.9. The lowest BCUT2D eigenvalue weighted by molar-refractivity contribution is -0.00833. The summed E-state index contributed by atoms with van der Waals surface area (Å²) in [6, 6.07) is 11.2. The Balaban J connectivity index is 1.96. The number of rotatable bonds is 7. The fraction of sp³-hybridized carbons (Fsp3) is 0.567. The molecule has 0 unspecified atom stereocenters. The molecule has 0 spiro atoms. The summed E-state index contributed by atoms with van der Waals surface area (Å²) in [6.07, 6.45) is 1.80. The third kappa shape index (κ3) is 8.58. The van der Waals surface area contributed by atoms with E-state index in [1.54, 1.807) is 24.0 Å². The van der Waals surface area contributed by atoms with Gasteiger partial charge in [0.15, 0.2) is 0 Å². The second-order valence-corrected chi connectivity index (χ2v) is 13.6. The Hall–Kier alpha value is -2.37. The molecule has 2 aromatic carbocycles. The Labute approximate surface area is 250 Å². The van der Waals surface area contributed by atoms with Gasteiger partial charge >= 0.3 is 0 Å². The molecule has 4 atom stereocenters. The van der Waals surface area contributed by atoms with E-state index in [9.17, 15) is 18.3 Å². The molecule has 228 valence electrons. The molecule has 0 bridgehead atoms. The summed E-state index contributed by atoms with van der Waals surface area (Å²) < 4.78 is 40.5. The minimum absolute atomic E-state index is 0.0997. The van der Waals surface area contributed by atoms with Gasteiger partial charge in [0.05, 0.1) is 35.3 Å². The number of aliphatic hydroxyl groups excluding tert-OH is 1. The zero-order chi connectivity index (χ0) is 30.3. The molecule has 1 aliphatic rings. The van der Waals surface area contributed by atoms with E-state index in [0.717, 1.165) is 24.9 Å². The number of benzene rings is 2. The lowest BCUT2D eigenvalue weighted by atomic mass is 10.0. The highest BCUT2D eigenvalue weighted by Crippen LogP contribution is 2.29. The van der Waals surface area contributed by atoms with Gasteiger partial charge in [0.1, 0.15) is 5.75 Å². The van der Waals surface area contributed by atoms with Crippen molar-refractivity contribution in [2.45, 2.75) is 63.2 Å². The van der Waals surface area contributed by atoms with Crippen molar-refractivity contribution in [1.82, 2.24) is 9.21 Å². The molecular weight excluding hydrogens is 566 g/mol. The van der Waals surface area contributed by atoms with Crippen LogP contribution in [0, 0.1) is 5.92 Å². The van der Waals surface area contributed by atoms with Crippen molar-refractivity contribution in [3.8, 4) is 5.75 Å². The average molecular weight is 610 g/mol. The number of sulfonamides is 1. The number of nitrogens with zero attached hydrogens (tertiary/aromatic N) is 3. The Bertz CT molecular complexity index is 1260. The second kappa shape index (κ2) is 14.7. The van der Waals surface area contributed by atoms with Crippen molar-refractivity contribution in [2.24, 2.45) is 5.92 Å². The van der Waals surface area contributed by atoms with Crippen LogP contribution in [0.3, 0.4) is 0 Å². The number of halogens is 1. The minimum Gasteiger partial charge on any atom is -0.490 e. The number of anilines is 1. The number of likely N-dealkylation sites (N-methyl/N-ethyl adjacent to an activating group) is 1. The number of aliphatic hydroxyl groups is 1. The topological polar surface area (TPSA) is 99.6 Å². The number of ether oxygens (including phenoxy) is 2. The predicted octanol–water partition coefficient (Wildman–Crippen LogP) is 4.52. The molecule has 41 heavy (non-hydrogen) atoms. The van der Waals surface area contributed by atoms with Crippen molar-refractivity contribution in [3.63, 3.8) is 0 Å². The minimum atomic E-state index is -3.79. The van der Waals surface area contributed by atoms with Crippen LogP contribution >= 0.6 is 11.6 Å². The normalized spacial score (nSPS) is 22.0. The summed E-state index contributed by atoms with van der Waals surface area (Å²) in [7, 11) is 1.55. The van der Waals surface area contributed by atoms with Crippen LogP contribution in [0.4, 0.5) is 5.69 Å². The highest BCUT2D eigenvalue weighted by Gasteiger charge is 2.32. The van der Waals surface area contributed by atoms with Gasteiger partial charge in [-0.05, 0) is 75.6 Å². The molecule has 3 rings (SSSR count). The summed E-state index contributed by atoms with van der Waals surface area (Å²) >= 11 is 5.96. The van der Waals surface area contributed by atoms with Gasteiger partial charge in [-0.3, -0.25) is 4.79 Å². The molecule has 1 amide bonds. The molecule has 1 heterocycles. The molecule has 0 aromatic heterocycles. The molecule has 9 nitrogen and oxygen atoms in total. The first-order valence-corrected chi connectivity index (χ1v) is 15.9. The average Bonchev–Trinajstić information content (AvgIpc) is 2.93. The van der Waals surface area contributed by atoms with Crippen molar-refractivity contribution in [2.75, 3.05) is 52.3 Å². The van der Waals surface area contributed by atoms with Gasteiger partial charge < -0.3 is 24.4 Å². The summed E-state index contributed by atoms with van der Waals surface area (Å²) in [5.41, 5.74) is 1.28. The van der Waals surface area contributed by atoms with Crippen LogP contribution in [0.1, 0.15) is 50.4 Å². The standard InChI is InChI=1S/C30H44ClN3O6S/c1-21-18-34(22(2)20-35)30(36)27-17-25(32(4)5)12-15-28(27)40-23(3)9-7-8-16-39-29(21)19-33(6)41(37,38)26-13-10-24(31)11-14-26/h10-15,17,21-23,29,35H,7-9,16,18-20H2,1-6H3/t21-,22-,23+,29+/m1/s1. The first-order chi connectivity index (χ1) is 19.3. The SMILES string of the molecule is C[C@@H]1CN([C@H](C)CO)C(=O)c2cc(N(C)C)ccc2O[C@@H](C)CCCCO[C@H]1CN(C)S(=O)(=O)c1ccc(Cl)cc1. The highest BCUT2D eigenvalue weighted by atomic mass is 35.5. The first kappa shape index (κ1) is 33.1. The molecule has 0 fully saturated rings.